The fraction of sp³-hybridized carbons (Fsp3) is 0.200. The zero-order chi connectivity index (χ0) is 10.7. The molecule has 5 heteroatoms. The lowest BCUT2D eigenvalue weighted by Gasteiger charge is -2.07. The van der Waals surface area contributed by atoms with Gasteiger partial charge in [0.05, 0.1) is 17.7 Å². The second-order valence-corrected chi connectivity index (χ2v) is 3.41. The number of aromatic nitrogens is 3. The summed E-state index contributed by atoms with van der Waals surface area (Å²) >= 11 is 5.55. The van der Waals surface area contributed by atoms with Gasteiger partial charge in [-0.1, -0.05) is 12.1 Å². The average molecular weight is 224 g/mol. The maximum atomic E-state index is 9.48. The van der Waals surface area contributed by atoms with E-state index in [1.54, 1.807) is 11.0 Å². The monoisotopic (exact) mass is 223 g/mol. The van der Waals surface area contributed by atoms with Crippen molar-refractivity contribution < 1.29 is 5.11 Å². The maximum absolute atomic E-state index is 9.48. The van der Waals surface area contributed by atoms with Crippen LogP contribution in [0.4, 0.5) is 0 Å². The molecule has 1 aromatic carbocycles. The molecule has 0 saturated heterocycles. The zero-order valence-electron chi connectivity index (χ0n) is 7.92. The molecule has 0 bridgehead atoms. The lowest BCUT2D eigenvalue weighted by atomic mass is 10.1. The van der Waals surface area contributed by atoms with Gasteiger partial charge < -0.3 is 5.11 Å². The Hall–Kier alpha value is -1.39. The standard InChI is InChI=1S/C10H10ClN3O/c11-5-10(15)8-1-3-9(4-2-8)14-7-12-6-13-14/h1-4,6-7,10,15H,5H2. The summed E-state index contributed by atoms with van der Waals surface area (Å²) in [7, 11) is 0. The van der Waals surface area contributed by atoms with Crippen LogP contribution in [0, 0.1) is 0 Å². The molecule has 1 atom stereocenters. The van der Waals surface area contributed by atoms with Crippen LogP contribution in [-0.4, -0.2) is 25.8 Å². The summed E-state index contributed by atoms with van der Waals surface area (Å²) in [6.45, 7) is 0. The Bertz CT molecular complexity index is 413. The van der Waals surface area contributed by atoms with Crippen LogP contribution in [0.25, 0.3) is 5.69 Å². The smallest absolute Gasteiger partial charge is 0.138 e. The third-order valence-electron chi connectivity index (χ3n) is 2.11. The van der Waals surface area contributed by atoms with Crippen molar-refractivity contribution >= 4 is 11.6 Å². The minimum Gasteiger partial charge on any atom is -0.387 e. The number of hydrogen-bond acceptors (Lipinski definition) is 3. The quantitative estimate of drug-likeness (QED) is 0.804. The van der Waals surface area contributed by atoms with Crippen molar-refractivity contribution in [1.82, 2.24) is 14.8 Å². The van der Waals surface area contributed by atoms with Crippen LogP contribution in [-0.2, 0) is 0 Å². The highest BCUT2D eigenvalue weighted by atomic mass is 35.5. The third-order valence-corrected chi connectivity index (χ3v) is 2.40. The molecule has 0 spiro atoms. The molecule has 0 amide bonds. The first-order valence-corrected chi connectivity index (χ1v) is 5.03. The van der Waals surface area contributed by atoms with Crippen LogP contribution in [0.3, 0.4) is 0 Å². The number of aliphatic hydroxyl groups is 1. The van der Waals surface area contributed by atoms with E-state index in [2.05, 4.69) is 10.1 Å². The van der Waals surface area contributed by atoms with E-state index in [1.807, 2.05) is 24.3 Å². The molecule has 1 heterocycles. The van der Waals surface area contributed by atoms with Crippen LogP contribution in [0.15, 0.2) is 36.9 Å². The van der Waals surface area contributed by atoms with Crippen molar-refractivity contribution in [2.24, 2.45) is 0 Å². The van der Waals surface area contributed by atoms with Gasteiger partial charge in [0.25, 0.3) is 0 Å². The van der Waals surface area contributed by atoms with Gasteiger partial charge in [0.1, 0.15) is 12.7 Å². The predicted octanol–water partition coefficient (Wildman–Crippen LogP) is 1.54. The first-order valence-electron chi connectivity index (χ1n) is 4.50. The molecule has 0 fully saturated rings. The maximum Gasteiger partial charge on any atom is 0.138 e. The topological polar surface area (TPSA) is 50.9 Å². The first kappa shape index (κ1) is 10.1. The number of nitrogens with zero attached hydrogens (tertiary/aromatic N) is 3. The van der Waals surface area contributed by atoms with Crippen LogP contribution in [0.2, 0.25) is 0 Å². The summed E-state index contributed by atoms with van der Waals surface area (Å²) in [4.78, 5) is 3.85. The van der Waals surface area contributed by atoms with E-state index < -0.39 is 6.10 Å². The van der Waals surface area contributed by atoms with Crippen molar-refractivity contribution in [1.29, 1.82) is 0 Å². The zero-order valence-corrected chi connectivity index (χ0v) is 8.67. The summed E-state index contributed by atoms with van der Waals surface area (Å²) in [5, 5.41) is 13.5. The van der Waals surface area contributed by atoms with Gasteiger partial charge in [0.15, 0.2) is 0 Å². The molecule has 2 rings (SSSR count). The average Bonchev–Trinajstić information content (AvgIpc) is 2.82. The number of aliphatic hydroxyl groups excluding tert-OH is 1. The van der Waals surface area contributed by atoms with E-state index >= 15 is 0 Å². The fourth-order valence-electron chi connectivity index (χ4n) is 1.28. The fourth-order valence-corrected chi connectivity index (χ4v) is 1.46. The normalized spacial score (nSPS) is 12.7. The van der Waals surface area contributed by atoms with Crippen molar-refractivity contribution in [2.75, 3.05) is 5.88 Å². The largest absolute Gasteiger partial charge is 0.387 e. The molecule has 0 aliphatic rings. The van der Waals surface area contributed by atoms with Crippen LogP contribution in [0.1, 0.15) is 11.7 Å². The number of alkyl halides is 1. The van der Waals surface area contributed by atoms with Gasteiger partial charge in [-0.25, -0.2) is 9.67 Å². The Morgan fingerprint density at radius 3 is 2.60 bits per heavy atom. The van der Waals surface area contributed by atoms with E-state index in [0.29, 0.717) is 0 Å². The van der Waals surface area contributed by atoms with E-state index in [1.165, 1.54) is 6.33 Å². The summed E-state index contributed by atoms with van der Waals surface area (Å²) in [5.41, 5.74) is 1.70. The molecule has 0 aliphatic heterocycles. The van der Waals surface area contributed by atoms with Gasteiger partial charge in [-0.15, -0.1) is 11.6 Å². The molecule has 1 aromatic heterocycles. The van der Waals surface area contributed by atoms with Crippen molar-refractivity contribution in [3.05, 3.63) is 42.5 Å². The predicted molar refractivity (Wildman–Crippen MR) is 57.0 cm³/mol. The lowest BCUT2D eigenvalue weighted by molar-refractivity contribution is 0.202. The first-order chi connectivity index (χ1) is 7.31. The molecule has 4 nitrogen and oxygen atoms in total. The number of rotatable bonds is 3. The lowest BCUT2D eigenvalue weighted by Crippen LogP contribution is -1.99. The second kappa shape index (κ2) is 4.42. The second-order valence-electron chi connectivity index (χ2n) is 3.10. The number of halogens is 1. The van der Waals surface area contributed by atoms with Gasteiger partial charge in [0, 0.05) is 0 Å². The highest BCUT2D eigenvalue weighted by Gasteiger charge is 2.05. The number of benzene rings is 1. The Labute approximate surface area is 92.1 Å². The van der Waals surface area contributed by atoms with E-state index in [-0.39, 0.29) is 5.88 Å². The van der Waals surface area contributed by atoms with Crippen molar-refractivity contribution in [2.45, 2.75) is 6.10 Å². The van der Waals surface area contributed by atoms with E-state index in [0.717, 1.165) is 11.3 Å². The Morgan fingerprint density at radius 2 is 2.07 bits per heavy atom. The molecular weight excluding hydrogens is 214 g/mol. The molecular formula is C10H10ClN3O. The number of hydrogen-bond donors (Lipinski definition) is 1. The summed E-state index contributed by atoms with van der Waals surface area (Å²) in [5.74, 6) is 0.197. The minimum absolute atomic E-state index is 0.197. The van der Waals surface area contributed by atoms with Gasteiger partial charge >= 0.3 is 0 Å². The van der Waals surface area contributed by atoms with Crippen LogP contribution >= 0.6 is 11.6 Å². The van der Waals surface area contributed by atoms with E-state index in [4.69, 9.17) is 11.6 Å². The van der Waals surface area contributed by atoms with Crippen molar-refractivity contribution in [3.63, 3.8) is 0 Å². The minimum atomic E-state index is -0.614. The molecule has 0 saturated carbocycles. The van der Waals surface area contributed by atoms with Gasteiger partial charge in [0.2, 0.25) is 0 Å². The molecule has 1 N–H and O–H groups in total. The highest BCUT2D eigenvalue weighted by molar-refractivity contribution is 6.18. The summed E-state index contributed by atoms with van der Waals surface area (Å²) in [6.07, 6.45) is 2.48. The van der Waals surface area contributed by atoms with E-state index in [9.17, 15) is 5.11 Å². The molecule has 15 heavy (non-hydrogen) atoms. The highest BCUT2D eigenvalue weighted by Crippen LogP contribution is 2.16. The van der Waals surface area contributed by atoms with Gasteiger partial charge in [-0.05, 0) is 17.7 Å². The van der Waals surface area contributed by atoms with Gasteiger partial charge in [-0.3, -0.25) is 0 Å². The van der Waals surface area contributed by atoms with Crippen LogP contribution < -0.4 is 0 Å². The molecule has 0 radical (unpaired) electrons. The molecule has 2 aromatic rings. The molecule has 1 unspecified atom stereocenters. The summed E-state index contributed by atoms with van der Waals surface area (Å²) < 4.78 is 1.65. The Kier molecular flexibility index (Phi) is 2.99. The molecule has 0 aliphatic carbocycles. The van der Waals surface area contributed by atoms with Gasteiger partial charge in [-0.2, -0.15) is 5.10 Å². The SMILES string of the molecule is OC(CCl)c1ccc(-n2cncn2)cc1. The Morgan fingerprint density at radius 1 is 1.33 bits per heavy atom. The van der Waals surface area contributed by atoms with Crippen molar-refractivity contribution in [3.8, 4) is 5.69 Å². The summed E-state index contributed by atoms with van der Waals surface area (Å²) in [6, 6.07) is 7.37. The Balaban J connectivity index is 2.25. The molecule has 78 valence electrons. The van der Waals surface area contributed by atoms with Crippen LogP contribution in [0.5, 0.6) is 0 Å². The third kappa shape index (κ3) is 2.16.